The SMILES string of the molecule is CCCN1CCCCC1C(=O)N1CCN(S(=O)(=O)c2c(C)oc(C)c2C(=O)OC)CC1. The molecule has 0 saturated carbocycles. The number of carbonyl (C=O) groups excluding carboxylic acids is 2. The molecule has 10 heteroatoms. The summed E-state index contributed by atoms with van der Waals surface area (Å²) < 4.78 is 38.2. The minimum atomic E-state index is -3.96. The zero-order valence-electron chi connectivity index (χ0n) is 18.8. The van der Waals surface area contributed by atoms with Gasteiger partial charge in [-0.2, -0.15) is 4.31 Å². The van der Waals surface area contributed by atoms with E-state index in [-0.39, 0.29) is 47.0 Å². The van der Waals surface area contributed by atoms with Crippen LogP contribution in [0, 0.1) is 13.8 Å². The van der Waals surface area contributed by atoms with E-state index < -0.39 is 16.0 Å². The maximum absolute atomic E-state index is 13.3. The summed E-state index contributed by atoms with van der Waals surface area (Å²) in [7, 11) is -2.75. The van der Waals surface area contributed by atoms with Gasteiger partial charge in [-0.15, -0.1) is 0 Å². The molecule has 174 valence electrons. The third-order valence-corrected chi connectivity index (χ3v) is 8.20. The highest BCUT2D eigenvalue weighted by Gasteiger charge is 2.39. The largest absolute Gasteiger partial charge is 0.465 e. The Morgan fingerprint density at radius 3 is 2.35 bits per heavy atom. The Balaban J connectivity index is 1.73. The number of furan rings is 1. The van der Waals surface area contributed by atoms with Gasteiger partial charge in [-0.1, -0.05) is 13.3 Å². The predicted octanol–water partition coefficient (Wildman–Crippen LogP) is 1.78. The standard InChI is InChI=1S/C21H33N3O6S/c1-5-9-22-10-7-6-8-17(22)20(25)23-11-13-24(14-12-23)31(27,28)19-16(3)30-15(2)18(19)21(26)29-4/h17H,5-14H2,1-4H3. The minimum Gasteiger partial charge on any atom is -0.465 e. The number of piperazine rings is 1. The molecule has 0 radical (unpaired) electrons. The number of carbonyl (C=O) groups is 2. The predicted molar refractivity (Wildman–Crippen MR) is 114 cm³/mol. The lowest BCUT2D eigenvalue weighted by molar-refractivity contribution is -0.139. The normalized spacial score (nSPS) is 21.3. The van der Waals surface area contributed by atoms with Crippen LogP contribution in [0.15, 0.2) is 9.31 Å². The molecule has 0 bridgehead atoms. The van der Waals surface area contributed by atoms with Crippen molar-refractivity contribution in [1.29, 1.82) is 0 Å². The average molecular weight is 456 g/mol. The van der Waals surface area contributed by atoms with Crippen molar-refractivity contribution in [1.82, 2.24) is 14.1 Å². The van der Waals surface area contributed by atoms with E-state index in [0.29, 0.717) is 13.1 Å². The number of nitrogens with zero attached hydrogens (tertiary/aromatic N) is 3. The molecule has 0 aliphatic carbocycles. The van der Waals surface area contributed by atoms with Gasteiger partial charge >= 0.3 is 5.97 Å². The summed E-state index contributed by atoms with van der Waals surface area (Å²) in [5, 5.41) is 0. The van der Waals surface area contributed by atoms with Crippen molar-refractivity contribution in [2.45, 2.75) is 57.4 Å². The van der Waals surface area contributed by atoms with E-state index in [2.05, 4.69) is 11.8 Å². The summed E-state index contributed by atoms with van der Waals surface area (Å²) >= 11 is 0. The van der Waals surface area contributed by atoms with Crippen LogP contribution >= 0.6 is 0 Å². The first kappa shape index (κ1) is 23.7. The van der Waals surface area contributed by atoms with Crippen LogP contribution in [0.5, 0.6) is 0 Å². The second-order valence-corrected chi connectivity index (χ2v) is 10.1. The van der Waals surface area contributed by atoms with Crippen molar-refractivity contribution in [2.24, 2.45) is 0 Å². The molecule has 2 fully saturated rings. The molecule has 0 spiro atoms. The molecular formula is C21H33N3O6S. The number of rotatable bonds is 6. The van der Waals surface area contributed by atoms with E-state index in [1.165, 1.54) is 18.3 Å². The Morgan fingerprint density at radius 2 is 1.74 bits per heavy atom. The van der Waals surface area contributed by atoms with Gasteiger partial charge in [-0.25, -0.2) is 13.2 Å². The summed E-state index contributed by atoms with van der Waals surface area (Å²) in [5.41, 5.74) is -0.0593. The second-order valence-electron chi connectivity index (χ2n) is 8.19. The van der Waals surface area contributed by atoms with Gasteiger partial charge in [-0.3, -0.25) is 9.69 Å². The maximum atomic E-state index is 13.3. The Morgan fingerprint density at radius 1 is 1.06 bits per heavy atom. The number of piperidine rings is 1. The minimum absolute atomic E-state index is 0.0593. The van der Waals surface area contributed by atoms with Gasteiger partial charge in [-0.05, 0) is 46.2 Å². The van der Waals surface area contributed by atoms with Crippen molar-refractivity contribution in [3.05, 3.63) is 17.1 Å². The van der Waals surface area contributed by atoms with Crippen LogP contribution in [0.1, 0.15) is 54.5 Å². The lowest BCUT2D eigenvalue weighted by atomic mass is 10.0. The molecule has 2 aliphatic heterocycles. The Bertz CT molecular complexity index is 916. The number of aryl methyl sites for hydroxylation is 2. The third-order valence-electron chi connectivity index (χ3n) is 6.15. The first-order valence-electron chi connectivity index (χ1n) is 10.9. The highest BCUT2D eigenvalue weighted by Crippen LogP contribution is 2.30. The van der Waals surface area contributed by atoms with Gasteiger partial charge in [0.25, 0.3) is 0 Å². The molecule has 2 aliphatic rings. The molecule has 2 saturated heterocycles. The van der Waals surface area contributed by atoms with Crippen molar-refractivity contribution in [3.63, 3.8) is 0 Å². The van der Waals surface area contributed by atoms with Crippen LogP contribution in [-0.4, -0.2) is 86.8 Å². The van der Waals surface area contributed by atoms with E-state index in [9.17, 15) is 18.0 Å². The van der Waals surface area contributed by atoms with Gasteiger partial charge < -0.3 is 14.1 Å². The number of methoxy groups -OCH3 is 1. The van der Waals surface area contributed by atoms with E-state index in [1.807, 2.05) is 0 Å². The fourth-order valence-electron chi connectivity index (χ4n) is 4.63. The fraction of sp³-hybridized carbons (Fsp3) is 0.714. The van der Waals surface area contributed by atoms with Gasteiger partial charge in [0.1, 0.15) is 22.0 Å². The zero-order chi connectivity index (χ0) is 22.8. The van der Waals surface area contributed by atoms with Crippen LogP contribution in [0.4, 0.5) is 0 Å². The molecule has 1 aromatic rings. The molecule has 3 heterocycles. The van der Waals surface area contributed by atoms with Crippen molar-refractivity contribution in [2.75, 3.05) is 46.4 Å². The number of ether oxygens (including phenoxy) is 1. The lowest BCUT2D eigenvalue weighted by Gasteiger charge is -2.40. The van der Waals surface area contributed by atoms with Gasteiger partial charge in [0, 0.05) is 26.2 Å². The Kier molecular flexibility index (Phi) is 7.43. The molecule has 9 nitrogen and oxygen atoms in total. The number of hydrogen-bond donors (Lipinski definition) is 0. The van der Waals surface area contributed by atoms with Crippen molar-refractivity contribution < 1.29 is 27.2 Å². The second kappa shape index (κ2) is 9.70. The topological polar surface area (TPSA) is 100 Å². The zero-order valence-corrected chi connectivity index (χ0v) is 19.7. The van der Waals surface area contributed by atoms with E-state index in [4.69, 9.17) is 9.15 Å². The van der Waals surface area contributed by atoms with Crippen molar-refractivity contribution in [3.8, 4) is 0 Å². The first-order chi connectivity index (χ1) is 14.7. The highest BCUT2D eigenvalue weighted by atomic mass is 32.2. The monoisotopic (exact) mass is 455 g/mol. The van der Waals surface area contributed by atoms with Gasteiger partial charge in [0.15, 0.2) is 0 Å². The number of hydrogen-bond acceptors (Lipinski definition) is 7. The summed E-state index contributed by atoms with van der Waals surface area (Å²) in [5.74, 6) is -0.273. The van der Waals surface area contributed by atoms with E-state index in [1.54, 1.807) is 11.8 Å². The quantitative estimate of drug-likeness (QED) is 0.603. The van der Waals surface area contributed by atoms with Gasteiger partial charge in [0.2, 0.25) is 15.9 Å². The third kappa shape index (κ3) is 4.65. The molecule has 1 aromatic heterocycles. The van der Waals surface area contributed by atoms with E-state index >= 15 is 0 Å². The number of sulfonamides is 1. The first-order valence-corrected chi connectivity index (χ1v) is 12.4. The number of esters is 1. The molecule has 1 unspecified atom stereocenters. The van der Waals surface area contributed by atoms with Crippen LogP contribution in [0.25, 0.3) is 0 Å². The Hall–Kier alpha value is -1.91. The summed E-state index contributed by atoms with van der Waals surface area (Å²) in [6.45, 7) is 8.04. The molecular weight excluding hydrogens is 422 g/mol. The van der Waals surface area contributed by atoms with Crippen LogP contribution < -0.4 is 0 Å². The molecule has 0 aromatic carbocycles. The molecule has 31 heavy (non-hydrogen) atoms. The Labute approximate surface area is 184 Å². The number of likely N-dealkylation sites (tertiary alicyclic amines) is 1. The summed E-state index contributed by atoms with van der Waals surface area (Å²) in [4.78, 5) is 29.2. The lowest BCUT2D eigenvalue weighted by Crippen LogP contribution is -2.56. The molecule has 3 rings (SSSR count). The summed E-state index contributed by atoms with van der Waals surface area (Å²) in [6.07, 6.45) is 4.01. The fourth-order valence-corrected chi connectivity index (χ4v) is 6.42. The molecule has 1 atom stereocenters. The van der Waals surface area contributed by atoms with Crippen LogP contribution in [-0.2, 0) is 19.6 Å². The molecule has 1 amide bonds. The highest BCUT2D eigenvalue weighted by molar-refractivity contribution is 7.89. The van der Waals surface area contributed by atoms with Crippen LogP contribution in [0.2, 0.25) is 0 Å². The van der Waals surface area contributed by atoms with Gasteiger partial charge in [0.05, 0.1) is 13.2 Å². The van der Waals surface area contributed by atoms with Crippen molar-refractivity contribution >= 4 is 21.9 Å². The summed E-state index contributed by atoms with van der Waals surface area (Å²) in [6, 6.07) is -0.110. The number of amides is 1. The molecule has 0 N–H and O–H groups in total. The smallest absolute Gasteiger partial charge is 0.342 e. The average Bonchev–Trinajstić information content (AvgIpc) is 3.07. The van der Waals surface area contributed by atoms with Crippen LogP contribution in [0.3, 0.4) is 0 Å². The maximum Gasteiger partial charge on any atom is 0.342 e. The van der Waals surface area contributed by atoms with E-state index in [0.717, 1.165) is 38.8 Å².